The maximum atomic E-state index is 12.7. The molecular weight excluding hydrogens is 580 g/mol. The number of rotatable bonds is 15. The molecule has 1 aliphatic heterocycles. The number of hydrogen-bond donors (Lipinski definition) is 1. The SMILES string of the molecule is CC/C(=C(\c1ccc(O)cc1)c1ccc(OCCN(C)CCOCCON2C(=O)C3C4C=CC(C4)C3C2=O)cc1)c1ccccc1. The molecule has 1 heterocycles. The van der Waals surface area contributed by atoms with Crippen LogP contribution in [0.5, 0.6) is 11.5 Å². The van der Waals surface area contributed by atoms with Crippen LogP contribution in [0, 0.1) is 23.7 Å². The molecule has 3 aromatic rings. The molecule has 6 rings (SSSR count). The molecule has 2 bridgehead atoms. The van der Waals surface area contributed by atoms with E-state index in [1.807, 2.05) is 37.4 Å². The molecule has 8 nitrogen and oxygen atoms in total. The van der Waals surface area contributed by atoms with Gasteiger partial charge in [0.1, 0.15) is 18.1 Å². The van der Waals surface area contributed by atoms with Crippen molar-refractivity contribution in [2.24, 2.45) is 23.7 Å². The average molecular weight is 623 g/mol. The number of imide groups is 1. The summed E-state index contributed by atoms with van der Waals surface area (Å²) < 4.78 is 11.8. The molecule has 3 aliphatic rings. The van der Waals surface area contributed by atoms with E-state index in [9.17, 15) is 14.7 Å². The minimum atomic E-state index is -0.245. The zero-order chi connectivity index (χ0) is 32.0. The fourth-order valence-corrected chi connectivity index (χ4v) is 6.97. The summed E-state index contributed by atoms with van der Waals surface area (Å²) in [6.45, 7) is 5.10. The van der Waals surface area contributed by atoms with Crippen molar-refractivity contribution in [3.63, 3.8) is 0 Å². The Morgan fingerprint density at radius 2 is 1.39 bits per heavy atom. The van der Waals surface area contributed by atoms with Crippen molar-refractivity contribution in [2.75, 3.05) is 46.6 Å². The van der Waals surface area contributed by atoms with Crippen molar-refractivity contribution in [3.05, 3.63) is 108 Å². The molecule has 46 heavy (non-hydrogen) atoms. The Balaban J connectivity index is 0.940. The molecule has 0 aromatic heterocycles. The minimum Gasteiger partial charge on any atom is -0.508 e. The Morgan fingerprint density at radius 1 is 0.783 bits per heavy atom. The highest BCUT2D eigenvalue weighted by atomic mass is 16.7. The number of amides is 2. The van der Waals surface area contributed by atoms with Crippen LogP contribution >= 0.6 is 0 Å². The van der Waals surface area contributed by atoms with Crippen LogP contribution in [0.1, 0.15) is 36.5 Å². The summed E-state index contributed by atoms with van der Waals surface area (Å²) in [6, 6.07) is 26.0. The highest BCUT2D eigenvalue weighted by Gasteiger charge is 2.60. The van der Waals surface area contributed by atoms with Gasteiger partial charge in [-0.1, -0.05) is 73.7 Å². The lowest BCUT2D eigenvalue weighted by molar-refractivity contribution is -0.193. The Hall–Kier alpha value is -4.24. The summed E-state index contributed by atoms with van der Waals surface area (Å²) in [5, 5.41) is 10.9. The van der Waals surface area contributed by atoms with Gasteiger partial charge >= 0.3 is 0 Å². The topological polar surface area (TPSA) is 88.5 Å². The van der Waals surface area contributed by atoms with E-state index in [1.54, 1.807) is 12.1 Å². The number of hydroxylamine groups is 2. The maximum absolute atomic E-state index is 12.7. The molecule has 3 aromatic carbocycles. The number of phenolic OH excluding ortho intramolecular Hbond substituents is 1. The molecule has 4 atom stereocenters. The molecule has 1 saturated carbocycles. The number of allylic oxidation sites excluding steroid dienone is 3. The summed E-state index contributed by atoms with van der Waals surface area (Å²) in [6.07, 6.45) is 5.91. The Kier molecular flexibility index (Phi) is 9.97. The van der Waals surface area contributed by atoms with Crippen LogP contribution in [0.4, 0.5) is 0 Å². The zero-order valence-corrected chi connectivity index (χ0v) is 26.5. The fraction of sp³-hybridized carbons (Fsp3) is 0.368. The van der Waals surface area contributed by atoms with Crippen molar-refractivity contribution in [1.82, 2.24) is 9.96 Å². The van der Waals surface area contributed by atoms with Crippen LogP contribution in [0.25, 0.3) is 11.1 Å². The first-order chi connectivity index (χ1) is 22.4. The molecule has 2 amide bonds. The number of ether oxygens (including phenoxy) is 2. The van der Waals surface area contributed by atoms with Gasteiger partial charge in [0.15, 0.2) is 0 Å². The number of carbonyl (C=O) groups excluding carboxylic acids is 2. The third-order valence-corrected chi connectivity index (χ3v) is 9.31. The summed E-state index contributed by atoms with van der Waals surface area (Å²) in [5.41, 5.74) is 5.68. The highest BCUT2D eigenvalue weighted by Crippen LogP contribution is 2.52. The van der Waals surface area contributed by atoms with Gasteiger partial charge in [0, 0.05) is 13.1 Å². The summed E-state index contributed by atoms with van der Waals surface area (Å²) in [7, 11) is 2.01. The largest absolute Gasteiger partial charge is 0.508 e. The van der Waals surface area contributed by atoms with Crippen LogP contribution < -0.4 is 4.74 Å². The number of aromatic hydroxyl groups is 1. The zero-order valence-electron chi connectivity index (χ0n) is 26.5. The van der Waals surface area contributed by atoms with Crippen LogP contribution in [0.3, 0.4) is 0 Å². The van der Waals surface area contributed by atoms with E-state index >= 15 is 0 Å². The Bertz CT molecular complexity index is 1540. The first-order valence-corrected chi connectivity index (χ1v) is 16.2. The van der Waals surface area contributed by atoms with Gasteiger partial charge < -0.3 is 19.5 Å². The number of hydrogen-bond acceptors (Lipinski definition) is 7. The van der Waals surface area contributed by atoms with Gasteiger partial charge in [-0.2, -0.15) is 5.06 Å². The predicted molar refractivity (Wildman–Crippen MR) is 177 cm³/mol. The standard InChI is InChI=1S/C38H42N2O6/c1-3-33(26-7-5-4-6-8-26)34(27-11-15-31(41)16-12-27)28-13-17-32(18-14-28)45-22-20-39(2)19-21-44-23-24-46-40-37(42)35-29-9-10-30(25-29)36(35)38(40)43/h4-18,29-30,35-36,41H,3,19-25H2,1-2H3/b34-33-. The normalized spacial score (nSPS) is 22.1. The van der Waals surface area contributed by atoms with Crippen molar-refractivity contribution >= 4 is 23.0 Å². The quantitative estimate of drug-likeness (QED) is 0.0988. The first-order valence-electron chi connectivity index (χ1n) is 16.2. The van der Waals surface area contributed by atoms with Gasteiger partial charge in [0.2, 0.25) is 0 Å². The van der Waals surface area contributed by atoms with Crippen LogP contribution in [-0.4, -0.2) is 73.4 Å². The van der Waals surface area contributed by atoms with Crippen LogP contribution in [-0.2, 0) is 19.2 Å². The van der Waals surface area contributed by atoms with Crippen molar-refractivity contribution in [1.29, 1.82) is 0 Å². The average Bonchev–Trinajstić information content (AvgIpc) is 3.77. The van der Waals surface area contributed by atoms with E-state index in [0.29, 0.717) is 26.4 Å². The number of benzene rings is 3. The van der Waals surface area contributed by atoms with E-state index in [0.717, 1.165) is 46.9 Å². The third kappa shape index (κ3) is 6.79. The monoisotopic (exact) mass is 622 g/mol. The summed E-state index contributed by atoms with van der Waals surface area (Å²) in [4.78, 5) is 33.0. The summed E-state index contributed by atoms with van der Waals surface area (Å²) in [5.74, 6) is 0.505. The van der Waals surface area contributed by atoms with Crippen molar-refractivity contribution < 1.29 is 29.0 Å². The van der Waals surface area contributed by atoms with Gasteiger partial charge in [0.05, 0.1) is 31.7 Å². The molecule has 1 saturated heterocycles. The number of phenols is 1. The molecule has 0 spiro atoms. The van der Waals surface area contributed by atoms with E-state index in [1.165, 1.54) is 11.1 Å². The lowest BCUT2D eigenvalue weighted by Crippen LogP contribution is -2.34. The van der Waals surface area contributed by atoms with Crippen molar-refractivity contribution in [3.8, 4) is 11.5 Å². The van der Waals surface area contributed by atoms with Gasteiger partial charge in [-0.05, 0) is 83.8 Å². The molecule has 2 fully saturated rings. The highest BCUT2D eigenvalue weighted by molar-refractivity contribution is 6.05. The fourth-order valence-electron chi connectivity index (χ4n) is 6.97. The van der Waals surface area contributed by atoms with E-state index < -0.39 is 0 Å². The second-order valence-electron chi connectivity index (χ2n) is 12.2. The third-order valence-electron chi connectivity index (χ3n) is 9.31. The minimum absolute atomic E-state index is 0.164. The number of likely N-dealkylation sites (N-methyl/N-ethyl adjacent to an activating group) is 1. The molecule has 4 unspecified atom stereocenters. The van der Waals surface area contributed by atoms with E-state index in [2.05, 4.69) is 60.4 Å². The van der Waals surface area contributed by atoms with Gasteiger partial charge in [-0.15, -0.1) is 0 Å². The number of carbonyl (C=O) groups is 2. The molecule has 2 aliphatic carbocycles. The Labute approximate surface area is 270 Å². The first kappa shape index (κ1) is 31.7. The molecule has 1 N–H and O–H groups in total. The number of fused-ring (bicyclic) bond motifs is 5. The molecule has 8 heteroatoms. The lowest BCUT2D eigenvalue weighted by atomic mass is 9.85. The number of nitrogens with zero attached hydrogens (tertiary/aromatic N) is 2. The van der Waals surface area contributed by atoms with Crippen LogP contribution in [0.15, 0.2) is 91.0 Å². The van der Waals surface area contributed by atoms with Gasteiger partial charge in [-0.25, -0.2) is 0 Å². The van der Waals surface area contributed by atoms with Crippen LogP contribution in [0.2, 0.25) is 0 Å². The molecule has 240 valence electrons. The second-order valence-corrected chi connectivity index (χ2v) is 12.2. The van der Waals surface area contributed by atoms with Gasteiger partial charge in [0.25, 0.3) is 11.8 Å². The maximum Gasteiger partial charge on any atom is 0.258 e. The predicted octanol–water partition coefficient (Wildman–Crippen LogP) is 5.83. The smallest absolute Gasteiger partial charge is 0.258 e. The van der Waals surface area contributed by atoms with Crippen molar-refractivity contribution in [2.45, 2.75) is 19.8 Å². The summed E-state index contributed by atoms with van der Waals surface area (Å²) >= 11 is 0. The van der Waals surface area contributed by atoms with E-state index in [4.69, 9.17) is 14.3 Å². The lowest BCUT2D eigenvalue weighted by Gasteiger charge is -2.19. The molecule has 0 radical (unpaired) electrons. The Morgan fingerprint density at radius 3 is 2.02 bits per heavy atom. The van der Waals surface area contributed by atoms with Gasteiger partial charge in [-0.3, -0.25) is 14.4 Å². The second kappa shape index (κ2) is 14.5. The molecular formula is C38H42N2O6. The van der Waals surface area contributed by atoms with E-state index in [-0.39, 0.29) is 47.8 Å².